The van der Waals surface area contributed by atoms with Crippen LogP contribution < -0.4 is 4.90 Å². The third-order valence-electron chi connectivity index (χ3n) is 6.41. The summed E-state index contributed by atoms with van der Waals surface area (Å²) in [4.78, 5) is 24.2. The van der Waals surface area contributed by atoms with Crippen molar-refractivity contribution in [1.29, 1.82) is 0 Å². The molecule has 3 fully saturated rings. The summed E-state index contributed by atoms with van der Waals surface area (Å²) in [5.41, 5.74) is 0. The van der Waals surface area contributed by atoms with Crippen LogP contribution in [0.25, 0.3) is 0 Å². The summed E-state index contributed by atoms with van der Waals surface area (Å²) in [6.07, 6.45) is 6.77. The van der Waals surface area contributed by atoms with E-state index in [2.05, 4.69) is 38.7 Å². The molecule has 1 unspecified atom stereocenters. The highest BCUT2D eigenvalue weighted by Crippen LogP contribution is 2.27. The first-order valence-corrected chi connectivity index (χ1v) is 10.7. The summed E-state index contributed by atoms with van der Waals surface area (Å²) in [5, 5.41) is 4.15. The van der Waals surface area contributed by atoms with Crippen molar-refractivity contribution in [3.05, 3.63) is 5.89 Å². The summed E-state index contributed by atoms with van der Waals surface area (Å²) in [5.74, 6) is 2.33. The van der Waals surface area contributed by atoms with Crippen molar-refractivity contribution in [2.45, 2.75) is 64.3 Å². The average Bonchev–Trinajstić information content (AvgIpc) is 3.40. The van der Waals surface area contributed by atoms with E-state index in [-0.39, 0.29) is 11.8 Å². The molecule has 0 spiro atoms. The molecule has 7 nitrogen and oxygen atoms in total. The third-order valence-corrected chi connectivity index (χ3v) is 6.41. The Balaban J connectivity index is 1.30. The van der Waals surface area contributed by atoms with Gasteiger partial charge in [0, 0.05) is 44.7 Å². The third kappa shape index (κ3) is 4.13. The zero-order valence-corrected chi connectivity index (χ0v) is 16.8. The van der Waals surface area contributed by atoms with Crippen LogP contribution in [0.5, 0.6) is 0 Å². The Kier molecular flexibility index (Phi) is 5.66. The van der Waals surface area contributed by atoms with E-state index in [9.17, 15) is 4.79 Å². The quantitative estimate of drug-likeness (QED) is 0.806. The van der Waals surface area contributed by atoms with Crippen molar-refractivity contribution in [2.24, 2.45) is 5.92 Å². The molecule has 0 aliphatic carbocycles. The van der Waals surface area contributed by atoms with Gasteiger partial charge >= 0.3 is 0 Å². The standard InChI is InChI=1S/C20H33N5O2/c1-15(2)18-21-20(22-27-18)24-12-7-17(8-13-24)25-11-5-6-16(14-25)19(26)23-9-3-4-10-23/h15-17H,3-14H2,1-2H3. The number of piperidine rings is 2. The zero-order valence-electron chi connectivity index (χ0n) is 16.8. The van der Waals surface area contributed by atoms with E-state index in [1.54, 1.807) is 0 Å². The fourth-order valence-corrected chi connectivity index (χ4v) is 4.76. The second-order valence-corrected chi connectivity index (χ2v) is 8.67. The summed E-state index contributed by atoms with van der Waals surface area (Å²) < 4.78 is 5.36. The van der Waals surface area contributed by atoms with Crippen LogP contribution in [-0.4, -0.2) is 71.2 Å². The van der Waals surface area contributed by atoms with E-state index in [0.717, 1.165) is 70.9 Å². The molecule has 27 heavy (non-hydrogen) atoms. The van der Waals surface area contributed by atoms with Gasteiger partial charge in [0.2, 0.25) is 11.8 Å². The zero-order chi connectivity index (χ0) is 18.8. The van der Waals surface area contributed by atoms with Gasteiger partial charge in [-0.2, -0.15) is 4.98 Å². The second kappa shape index (κ2) is 8.17. The van der Waals surface area contributed by atoms with Gasteiger partial charge < -0.3 is 14.3 Å². The Bertz CT molecular complexity index is 632. The van der Waals surface area contributed by atoms with Crippen LogP contribution >= 0.6 is 0 Å². The topological polar surface area (TPSA) is 65.7 Å². The molecule has 150 valence electrons. The fraction of sp³-hybridized carbons (Fsp3) is 0.850. The maximum atomic E-state index is 12.8. The molecule has 7 heteroatoms. The lowest BCUT2D eigenvalue weighted by atomic mass is 9.93. The molecule has 1 aromatic rings. The predicted molar refractivity (Wildman–Crippen MR) is 104 cm³/mol. The Morgan fingerprint density at radius 3 is 2.44 bits per heavy atom. The normalized spacial score (nSPS) is 25.5. The lowest BCUT2D eigenvalue weighted by molar-refractivity contribution is -0.136. The second-order valence-electron chi connectivity index (χ2n) is 8.67. The molecule has 3 aliphatic rings. The Morgan fingerprint density at radius 1 is 1.04 bits per heavy atom. The molecule has 0 radical (unpaired) electrons. The number of nitrogens with zero attached hydrogens (tertiary/aromatic N) is 5. The van der Waals surface area contributed by atoms with Crippen molar-refractivity contribution < 1.29 is 9.32 Å². The molecule has 0 N–H and O–H groups in total. The van der Waals surface area contributed by atoms with Crippen molar-refractivity contribution in [1.82, 2.24) is 19.9 Å². The average molecular weight is 376 g/mol. The van der Waals surface area contributed by atoms with Crippen LogP contribution in [0.15, 0.2) is 4.52 Å². The summed E-state index contributed by atoms with van der Waals surface area (Å²) >= 11 is 0. The van der Waals surface area contributed by atoms with E-state index >= 15 is 0 Å². The largest absolute Gasteiger partial charge is 0.342 e. The Hall–Kier alpha value is -1.63. The summed E-state index contributed by atoms with van der Waals surface area (Å²) in [6, 6.07) is 0.576. The minimum Gasteiger partial charge on any atom is -0.342 e. The van der Waals surface area contributed by atoms with Gasteiger partial charge in [0.1, 0.15) is 0 Å². The number of aromatic nitrogens is 2. The molecule has 4 heterocycles. The fourth-order valence-electron chi connectivity index (χ4n) is 4.76. The lowest BCUT2D eigenvalue weighted by Crippen LogP contribution is -2.51. The highest BCUT2D eigenvalue weighted by molar-refractivity contribution is 5.79. The number of likely N-dealkylation sites (tertiary alicyclic amines) is 2. The number of rotatable bonds is 4. The molecule has 4 rings (SSSR count). The van der Waals surface area contributed by atoms with Crippen molar-refractivity contribution in [2.75, 3.05) is 44.2 Å². The number of anilines is 1. The smallest absolute Gasteiger partial charge is 0.266 e. The van der Waals surface area contributed by atoms with Gasteiger partial charge in [-0.15, -0.1) is 0 Å². The van der Waals surface area contributed by atoms with Crippen LogP contribution in [0, 0.1) is 5.92 Å². The van der Waals surface area contributed by atoms with E-state index in [4.69, 9.17) is 4.52 Å². The molecule has 0 saturated carbocycles. The van der Waals surface area contributed by atoms with Crippen molar-refractivity contribution >= 4 is 11.9 Å². The molecule has 3 saturated heterocycles. The molecule has 0 aromatic carbocycles. The summed E-state index contributed by atoms with van der Waals surface area (Å²) in [7, 11) is 0. The van der Waals surface area contributed by atoms with E-state index < -0.39 is 0 Å². The molecule has 0 bridgehead atoms. The monoisotopic (exact) mass is 375 g/mol. The van der Waals surface area contributed by atoms with E-state index in [0.29, 0.717) is 17.8 Å². The highest BCUT2D eigenvalue weighted by Gasteiger charge is 2.34. The van der Waals surface area contributed by atoms with Crippen molar-refractivity contribution in [3.8, 4) is 0 Å². The van der Waals surface area contributed by atoms with Gasteiger partial charge in [-0.05, 0) is 50.2 Å². The van der Waals surface area contributed by atoms with Gasteiger partial charge in [0.15, 0.2) is 0 Å². The number of amides is 1. The number of carbonyl (C=O) groups is 1. The van der Waals surface area contributed by atoms with E-state index in [1.807, 2.05) is 0 Å². The van der Waals surface area contributed by atoms with Crippen LogP contribution in [0.1, 0.15) is 64.2 Å². The highest BCUT2D eigenvalue weighted by atomic mass is 16.5. The van der Waals surface area contributed by atoms with E-state index in [1.165, 1.54) is 12.8 Å². The van der Waals surface area contributed by atoms with Gasteiger partial charge in [-0.25, -0.2) is 0 Å². The predicted octanol–water partition coefficient (Wildman–Crippen LogP) is 2.50. The first-order chi connectivity index (χ1) is 13.1. The molecule has 1 atom stereocenters. The first-order valence-electron chi connectivity index (χ1n) is 10.7. The molecule has 1 amide bonds. The maximum Gasteiger partial charge on any atom is 0.266 e. The summed E-state index contributed by atoms with van der Waals surface area (Å²) in [6.45, 7) is 10.1. The molecule has 1 aromatic heterocycles. The molecular weight excluding hydrogens is 342 g/mol. The van der Waals surface area contributed by atoms with Crippen LogP contribution in [-0.2, 0) is 4.79 Å². The van der Waals surface area contributed by atoms with Gasteiger partial charge in [0.25, 0.3) is 5.95 Å². The van der Waals surface area contributed by atoms with Gasteiger partial charge in [0.05, 0.1) is 5.92 Å². The lowest BCUT2D eigenvalue weighted by Gasteiger charge is -2.42. The number of carbonyl (C=O) groups excluding carboxylic acids is 1. The van der Waals surface area contributed by atoms with Gasteiger partial charge in [-0.3, -0.25) is 9.69 Å². The minimum absolute atomic E-state index is 0.209. The van der Waals surface area contributed by atoms with Gasteiger partial charge in [-0.1, -0.05) is 13.8 Å². The first kappa shape index (κ1) is 18.7. The Morgan fingerprint density at radius 2 is 1.78 bits per heavy atom. The number of hydrogen-bond acceptors (Lipinski definition) is 6. The van der Waals surface area contributed by atoms with Crippen LogP contribution in [0.4, 0.5) is 5.95 Å². The molecule has 3 aliphatic heterocycles. The Labute approximate surface area is 162 Å². The maximum absolute atomic E-state index is 12.8. The molecular formula is C20H33N5O2. The SMILES string of the molecule is CC(C)c1nc(N2CCC(N3CCCC(C(=O)N4CCCC4)C3)CC2)no1. The minimum atomic E-state index is 0.209. The van der Waals surface area contributed by atoms with Crippen LogP contribution in [0.3, 0.4) is 0 Å². The van der Waals surface area contributed by atoms with Crippen LogP contribution in [0.2, 0.25) is 0 Å². The number of hydrogen-bond donors (Lipinski definition) is 0. The van der Waals surface area contributed by atoms with Crippen molar-refractivity contribution in [3.63, 3.8) is 0 Å².